The zero-order valence-corrected chi connectivity index (χ0v) is 16.3. The Morgan fingerprint density at radius 3 is 2.81 bits per heavy atom. The highest BCUT2D eigenvalue weighted by molar-refractivity contribution is 8.08. The molecule has 2 heterocycles. The van der Waals surface area contributed by atoms with Crippen molar-refractivity contribution in [2.24, 2.45) is 5.92 Å². The molecule has 0 N–H and O–H groups in total. The molecule has 0 radical (unpaired) electrons. The largest absolute Gasteiger partial charge is 0.493 e. The van der Waals surface area contributed by atoms with Crippen LogP contribution < -0.4 is 9.47 Å². The molecule has 4 rings (SSSR count). The van der Waals surface area contributed by atoms with Crippen LogP contribution in [0.5, 0.6) is 11.5 Å². The minimum atomic E-state index is 0.321. The van der Waals surface area contributed by atoms with Gasteiger partial charge in [-0.3, -0.25) is 0 Å². The highest BCUT2D eigenvalue weighted by atomic mass is 32.2. The van der Waals surface area contributed by atoms with Crippen molar-refractivity contribution in [1.29, 1.82) is 5.26 Å². The van der Waals surface area contributed by atoms with Gasteiger partial charge in [0.1, 0.15) is 11.4 Å². The van der Waals surface area contributed by atoms with E-state index in [1.807, 2.05) is 18.2 Å². The number of fused-ring (bicyclic) bond motifs is 1. The first-order valence-corrected chi connectivity index (χ1v) is 10.1. The normalized spacial score (nSPS) is 22.1. The summed E-state index contributed by atoms with van der Waals surface area (Å²) in [5.41, 5.74) is 1.65. The fourth-order valence-corrected chi connectivity index (χ4v) is 5.61. The molecule has 1 aromatic carbocycles. The van der Waals surface area contributed by atoms with Gasteiger partial charge in [0.2, 0.25) is 0 Å². The van der Waals surface area contributed by atoms with Crippen LogP contribution in [-0.4, -0.2) is 34.2 Å². The SMILES string of the molecule is COc1cccc(-c2ncnn2C2=C(C#N)[C@H]3CCCCC[C@H]3S2)c1OC. The number of allylic oxidation sites excluding steroid dienone is 1. The first kappa shape index (κ1) is 17.9. The molecule has 2 aromatic rings. The molecule has 0 bridgehead atoms. The fourth-order valence-electron chi connectivity index (χ4n) is 4.04. The summed E-state index contributed by atoms with van der Waals surface area (Å²) in [6.07, 6.45) is 7.44. The number of nitriles is 1. The molecule has 6 nitrogen and oxygen atoms in total. The van der Waals surface area contributed by atoms with Crippen molar-refractivity contribution >= 4 is 16.8 Å². The van der Waals surface area contributed by atoms with E-state index in [9.17, 15) is 5.26 Å². The summed E-state index contributed by atoms with van der Waals surface area (Å²) in [6.45, 7) is 0. The van der Waals surface area contributed by atoms with E-state index < -0.39 is 0 Å². The Bertz CT molecular complexity index is 915. The standard InChI is InChI=1S/C20H22N4O2S/c1-25-16-9-6-8-14(18(16)26-2)19-22-12-23-24(19)20-15(11-21)13-7-4-3-5-10-17(13)27-20/h6,8-9,12-13,17H,3-5,7,10H2,1-2H3/t13-,17-/m1/s1. The second-order valence-corrected chi connectivity index (χ2v) is 8.00. The topological polar surface area (TPSA) is 73.0 Å². The average Bonchev–Trinajstić information content (AvgIpc) is 3.25. The predicted octanol–water partition coefficient (Wildman–Crippen LogP) is 4.35. The van der Waals surface area contributed by atoms with Crippen LogP contribution in [0.25, 0.3) is 16.4 Å². The van der Waals surface area contributed by atoms with Crippen LogP contribution in [0.1, 0.15) is 32.1 Å². The number of nitrogens with zero attached hydrogens (tertiary/aromatic N) is 4. The van der Waals surface area contributed by atoms with Gasteiger partial charge in [-0.25, -0.2) is 9.67 Å². The van der Waals surface area contributed by atoms with Gasteiger partial charge < -0.3 is 9.47 Å². The van der Waals surface area contributed by atoms with E-state index in [4.69, 9.17) is 9.47 Å². The van der Waals surface area contributed by atoms with Crippen molar-refractivity contribution in [1.82, 2.24) is 14.8 Å². The Labute approximate surface area is 163 Å². The van der Waals surface area contributed by atoms with E-state index in [1.165, 1.54) is 25.6 Å². The predicted molar refractivity (Wildman–Crippen MR) is 105 cm³/mol. The summed E-state index contributed by atoms with van der Waals surface area (Å²) >= 11 is 1.78. The van der Waals surface area contributed by atoms with E-state index in [1.54, 1.807) is 30.7 Å². The van der Waals surface area contributed by atoms with Gasteiger partial charge in [0.05, 0.1) is 31.4 Å². The number of hydrogen-bond donors (Lipinski definition) is 0. The molecule has 0 amide bonds. The van der Waals surface area contributed by atoms with E-state index in [2.05, 4.69) is 16.2 Å². The maximum atomic E-state index is 9.88. The minimum Gasteiger partial charge on any atom is -0.493 e. The second kappa shape index (κ2) is 7.65. The third kappa shape index (κ3) is 3.08. The molecule has 27 heavy (non-hydrogen) atoms. The molecular weight excluding hydrogens is 360 g/mol. The van der Waals surface area contributed by atoms with Crippen LogP contribution >= 0.6 is 11.8 Å². The van der Waals surface area contributed by atoms with Crippen molar-refractivity contribution in [2.45, 2.75) is 37.4 Å². The smallest absolute Gasteiger partial charge is 0.171 e. The van der Waals surface area contributed by atoms with Crippen LogP contribution in [0.15, 0.2) is 30.1 Å². The summed E-state index contributed by atoms with van der Waals surface area (Å²) < 4.78 is 12.8. The van der Waals surface area contributed by atoms with Crippen LogP contribution in [0.3, 0.4) is 0 Å². The monoisotopic (exact) mass is 382 g/mol. The molecule has 1 saturated carbocycles. The van der Waals surface area contributed by atoms with Crippen molar-refractivity contribution in [3.8, 4) is 29.0 Å². The quantitative estimate of drug-likeness (QED) is 0.783. The Hall–Kier alpha value is -2.46. The first-order valence-electron chi connectivity index (χ1n) is 9.21. The number of aromatic nitrogens is 3. The molecule has 2 aliphatic rings. The van der Waals surface area contributed by atoms with Gasteiger partial charge in [-0.15, -0.1) is 11.8 Å². The van der Waals surface area contributed by atoms with Crippen molar-refractivity contribution in [3.05, 3.63) is 30.1 Å². The molecule has 0 spiro atoms. The van der Waals surface area contributed by atoms with Gasteiger partial charge in [0.25, 0.3) is 0 Å². The Morgan fingerprint density at radius 1 is 1.19 bits per heavy atom. The zero-order chi connectivity index (χ0) is 18.8. The lowest BCUT2D eigenvalue weighted by Crippen LogP contribution is -2.12. The molecule has 1 fully saturated rings. The molecule has 7 heteroatoms. The third-order valence-corrected chi connectivity index (χ3v) is 6.80. The highest BCUT2D eigenvalue weighted by Crippen LogP contribution is 2.50. The van der Waals surface area contributed by atoms with Crippen LogP contribution in [-0.2, 0) is 0 Å². The lowest BCUT2D eigenvalue weighted by atomic mass is 9.93. The zero-order valence-electron chi connectivity index (χ0n) is 15.5. The van der Waals surface area contributed by atoms with Crippen molar-refractivity contribution in [2.75, 3.05) is 14.2 Å². The Morgan fingerprint density at radius 2 is 2.04 bits per heavy atom. The van der Waals surface area contributed by atoms with Gasteiger partial charge in [0.15, 0.2) is 17.3 Å². The number of benzene rings is 1. The van der Waals surface area contributed by atoms with Crippen LogP contribution in [0.2, 0.25) is 0 Å². The first-order chi connectivity index (χ1) is 13.3. The van der Waals surface area contributed by atoms with Gasteiger partial charge in [-0.2, -0.15) is 10.4 Å². The molecular formula is C20H22N4O2S. The number of thioether (sulfide) groups is 1. The van der Waals surface area contributed by atoms with E-state index in [-0.39, 0.29) is 0 Å². The minimum absolute atomic E-state index is 0.321. The van der Waals surface area contributed by atoms with E-state index in [0.29, 0.717) is 28.5 Å². The van der Waals surface area contributed by atoms with Gasteiger partial charge in [-0.05, 0) is 25.0 Å². The molecule has 1 aromatic heterocycles. The summed E-state index contributed by atoms with van der Waals surface area (Å²) in [4.78, 5) is 4.48. The number of hydrogen-bond acceptors (Lipinski definition) is 6. The lowest BCUT2D eigenvalue weighted by Gasteiger charge is -2.15. The lowest BCUT2D eigenvalue weighted by molar-refractivity contribution is 0.356. The number of ether oxygens (including phenoxy) is 2. The number of rotatable bonds is 4. The van der Waals surface area contributed by atoms with Gasteiger partial charge in [-0.1, -0.05) is 25.3 Å². The average molecular weight is 382 g/mol. The summed E-state index contributed by atoms with van der Waals surface area (Å²) in [7, 11) is 3.23. The van der Waals surface area contributed by atoms with Crippen molar-refractivity contribution < 1.29 is 9.47 Å². The molecule has 1 aliphatic heterocycles. The maximum absolute atomic E-state index is 9.88. The molecule has 2 atom stereocenters. The molecule has 0 unspecified atom stereocenters. The van der Waals surface area contributed by atoms with Crippen LogP contribution in [0.4, 0.5) is 0 Å². The Kier molecular flexibility index (Phi) is 5.08. The molecule has 0 saturated heterocycles. The van der Waals surface area contributed by atoms with Gasteiger partial charge >= 0.3 is 0 Å². The number of methoxy groups -OCH3 is 2. The van der Waals surface area contributed by atoms with E-state index in [0.717, 1.165) is 29.0 Å². The second-order valence-electron chi connectivity index (χ2n) is 6.77. The van der Waals surface area contributed by atoms with Crippen LogP contribution in [0, 0.1) is 17.2 Å². The fraction of sp³-hybridized carbons (Fsp3) is 0.450. The highest BCUT2D eigenvalue weighted by Gasteiger charge is 2.38. The van der Waals surface area contributed by atoms with Crippen molar-refractivity contribution in [3.63, 3.8) is 0 Å². The third-order valence-electron chi connectivity index (χ3n) is 5.32. The number of para-hydroxylation sites is 1. The maximum Gasteiger partial charge on any atom is 0.171 e. The van der Waals surface area contributed by atoms with Gasteiger partial charge in [0, 0.05) is 11.2 Å². The Balaban J connectivity index is 1.81. The summed E-state index contributed by atoms with van der Waals surface area (Å²) in [5.74, 6) is 2.24. The summed E-state index contributed by atoms with van der Waals surface area (Å²) in [5, 5.41) is 15.7. The molecule has 140 valence electrons. The summed E-state index contributed by atoms with van der Waals surface area (Å²) in [6, 6.07) is 8.17. The molecule has 1 aliphatic carbocycles. The van der Waals surface area contributed by atoms with E-state index >= 15 is 0 Å².